The zero-order valence-electron chi connectivity index (χ0n) is 19.6. The van der Waals surface area contributed by atoms with E-state index in [1.54, 1.807) is 12.1 Å². The molecule has 1 fully saturated rings. The van der Waals surface area contributed by atoms with Gasteiger partial charge in [0.1, 0.15) is 0 Å². The third kappa shape index (κ3) is 6.61. The SMILES string of the molecule is CCOc1cc(C(=O)N2CCN(CCNC(=O)c3cccs3)CC2)cc(OCC)c1OCC. The largest absolute Gasteiger partial charge is 0.490 e. The van der Waals surface area contributed by atoms with E-state index >= 15 is 0 Å². The molecular formula is C24H33N3O5S. The van der Waals surface area contributed by atoms with Crippen molar-refractivity contribution in [1.82, 2.24) is 15.1 Å². The number of carbonyl (C=O) groups excluding carboxylic acids is 2. The molecule has 3 rings (SSSR count). The second-order valence-corrected chi connectivity index (χ2v) is 8.42. The van der Waals surface area contributed by atoms with Crippen LogP contribution in [0.1, 0.15) is 40.8 Å². The molecule has 1 aliphatic rings. The summed E-state index contributed by atoms with van der Waals surface area (Å²) in [6.45, 7) is 11.2. The first-order chi connectivity index (χ1) is 16.1. The maximum absolute atomic E-state index is 13.2. The first-order valence-electron chi connectivity index (χ1n) is 11.5. The maximum atomic E-state index is 13.2. The Kier molecular flexibility index (Phi) is 9.38. The minimum Gasteiger partial charge on any atom is -0.490 e. The van der Waals surface area contributed by atoms with Crippen molar-refractivity contribution in [2.24, 2.45) is 0 Å². The lowest BCUT2D eigenvalue weighted by Gasteiger charge is -2.35. The highest BCUT2D eigenvalue weighted by Crippen LogP contribution is 2.39. The molecule has 0 bridgehead atoms. The number of thiophene rings is 1. The van der Waals surface area contributed by atoms with Crippen LogP contribution in [-0.2, 0) is 0 Å². The molecule has 1 aliphatic heterocycles. The van der Waals surface area contributed by atoms with Gasteiger partial charge in [-0.3, -0.25) is 14.5 Å². The number of hydrogen-bond donors (Lipinski definition) is 1. The van der Waals surface area contributed by atoms with E-state index in [1.165, 1.54) is 11.3 Å². The van der Waals surface area contributed by atoms with Gasteiger partial charge < -0.3 is 24.4 Å². The molecule has 1 aromatic carbocycles. The highest BCUT2D eigenvalue weighted by atomic mass is 32.1. The van der Waals surface area contributed by atoms with Crippen LogP contribution in [0.2, 0.25) is 0 Å². The van der Waals surface area contributed by atoms with Gasteiger partial charge in [0, 0.05) is 44.8 Å². The smallest absolute Gasteiger partial charge is 0.261 e. The van der Waals surface area contributed by atoms with E-state index in [9.17, 15) is 9.59 Å². The van der Waals surface area contributed by atoms with Crippen molar-refractivity contribution in [2.45, 2.75) is 20.8 Å². The summed E-state index contributed by atoms with van der Waals surface area (Å²) >= 11 is 1.43. The lowest BCUT2D eigenvalue weighted by atomic mass is 10.1. The van der Waals surface area contributed by atoms with Gasteiger partial charge in [-0.2, -0.15) is 0 Å². The Morgan fingerprint density at radius 2 is 1.61 bits per heavy atom. The van der Waals surface area contributed by atoms with E-state index in [1.807, 2.05) is 43.2 Å². The molecule has 1 saturated heterocycles. The molecule has 0 spiro atoms. The van der Waals surface area contributed by atoms with Crippen molar-refractivity contribution in [3.05, 3.63) is 40.1 Å². The number of rotatable bonds is 11. The predicted octanol–water partition coefficient (Wildman–Crippen LogP) is 3.13. The van der Waals surface area contributed by atoms with Gasteiger partial charge in [-0.1, -0.05) is 6.07 Å². The first-order valence-corrected chi connectivity index (χ1v) is 12.3. The van der Waals surface area contributed by atoms with Crippen LogP contribution in [0.25, 0.3) is 0 Å². The summed E-state index contributed by atoms with van der Waals surface area (Å²) in [5.41, 5.74) is 0.530. The third-order valence-corrected chi connectivity index (χ3v) is 6.14. The average molecular weight is 476 g/mol. The minimum absolute atomic E-state index is 0.0375. The van der Waals surface area contributed by atoms with Crippen LogP contribution in [-0.4, -0.2) is 80.7 Å². The van der Waals surface area contributed by atoms with Gasteiger partial charge in [0.05, 0.1) is 24.7 Å². The zero-order chi connectivity index (χ0) is 23.6. The van der Waals surface area contributed by atoms with Crippen molar-refractivity contribution in [3.63, 3.8) is 0 Å². The maximum Gasteiger partial charge on any atom is 0.261 e. The molecule has 180 valence electrons. The average Bonchev–Trinajstić information content (AvgIpc) is 3.36. The normalized spacial score (nSPS) is 14.1. The van der Waals surface area contributed by atoms with Crippen molar-refractivity contribution >= 4 is 23.2 Å². The quantitative estimate of drug-likeness (QED) is 0.538. The lowest BCUT2D eigenvalue weighted by molar-refractivity contribution is 0.0637. The van der Waals surface area contributed by atoms with Gasteiger partial charge in [0.25, 0.3) is 11.8 Å². The number of nitrogens with one attached hydrogen (secondary N) is 1. The fourth-order valence-electron chi connectivity index (χ4n) is 3.69. The van der Waals surface area contributed by atoms with Crippen LogP contribution in [0.4, 0.5) is 0 Å². The molecule has 1 N–H and O–H groups in total. The summed E-state index contributed by atoms with van der Waals surface area (Å²) in [6.07, 6.45) is 0. The van der Waals surface area contributed by atoms with Gasteiger partial charge in [-0.15, -0.1) is 11.3 Å². The van der Waals surface area contributed by atoms with Gasteiger partial charge in [0.15, 0.2) is 11.5 Å². The molecule has 2 amide bonds. The van der Waals surface area contributed by atoms with Crippen LogP contribution in [0.15, 0.2) is 29.6 Å². The fourth-order valence-corrected chi connectivity index (χ4v) is 4.33. The lowest BCUT2D eigenvalue weighted by Crippen LogP contribution is -2.50. The number of hydrogen-bond acceptors (Lipinski definition) is 7. The van der Waals surface area contributed by atoms with Crippen molar-refractivity contribution in [1.29, 1.82) is 0 Å². The van der Waals surface area contributed by atoms with Crippen LogP contribution in [0, 0.1) is 0 Å². The number of amides is 2. The number of piperazine rings is 1. The zero-order valence-corrected chi connectivity index (χ0v) is 20.4. The van der Waals surface area contributed by atoms with Gasteiger partial charge in [-0.25, -0.2) is 0 Å². The van der Waals surface area contributed by atoms with Crippen LogP contribution >= 0.6 is 11.3 Å². The molecule has 1 aromatic heterocycles. The van der Waals surface area contributed by atoms with E-state index in [-0.39, 0.29) is 11.8 Å². The summed E-state index contributed by atoms with van der Waals surface area (Å²) in [5.74, 6) is 1.49. The molecule has 8 nitrogen and oxygen atoms in total. The molecular weight excluding hydrogens is 442 g/mol. The summed E-state index contributed by atoms with van der Waals surface area (Å²) in [6, 6.07) is 7.17. The number of carbonyl (C=O) groups is 2. The summed E-state index contributed by atoms with van der Waals surface area (Å²) in [7, 11) is 0. The Hall–Kier alpha value is -2.78. The van der Waals surface area contributed by atoms with E-state index in [0.717, 1.165) is 24.5 Å². The molecule has 9 heteroatoms. The Morgan fingerprint density at radius 1 is 0.970 bits per heavy atom. The van der Waals surface area contributed by atoms with E-state index < -0.39 is 0 Å². The fraction of sp³-hybridized carbons (Fsp3) is 0.500. The topological polar surface area (TPSA) is 80.3 Å². The number of nitrogens with zero attached hydrogens (tertiary/aromatic N) is 2. The second-order valence-electron chi connectivity index (χ2n) is 7.47. The van der Waals surface area contributed by atoms with Crippen molar-refractivity contribution < 1.29 is 23.8 Å². The summed E-state index contributed by atoms with van der Waals surface area (Å²) < 4.78 is 17.2. The summed E-state index contributed by atoms with van der Waals surface area (Å²) in [5, 5.41) is 4.85. The van der Waals surface area contributed by atoms with Gasteiger partial charge in [0.2, 0.25) is 5.75 Å². The molecule has 0 atom stereocenters. The van der Waals surface area contributed by atoms with E-state index in [4.69, 9.17) is 14.2 Å². The summed E-state index contributed by atoms with van der Waals surface area (Å²) in [4.78, 5) is 30.1. The molecule has 33 heavy (non-hydrogen) atoms. The number of ether oxygens (including phenoxy) is 3. The molecule has 0 aliphatic carbocycles. The Balaban J connectivity index is 1.57. The highest BCUT2D eigenvalue weighted by Gasteiger charge is 2.25. The number of benzene rings is 1. The van der Waals surface area contributed by atoms with Crippen molar-refractivity contribution in [3.8, 4) is 17.2 Å². The molecule has 0 saturated carbocycles. The highest BCUT2D eigenvalue weighted by molar-refractivity contribution is 7.12. The standard InChI is InChI=1S/C24H33N3O5S/c1-4-30-19-16-18(17-20(31-5-2)22(19)32-6-3)24(29)27-13-11-26(12-14-27)10-9-25-23(28)21-8-7-15-33-21/h7-8,15-17H,4-6,9-14H2,1-3H3,(H,25,28). The molecule has 2 heterocycles. The minimum atomic E-state index is -0.0504. The Labute approximate surface area is 199 Å². The molecule has 2 aromatic rings. The first kappa shape index (κ1) is 24.9. The van der Waals surface area contributed by atoms with Crippen LogP contribution in [0.5, 0.6) is 17.2 Å². The Bertz CT molecular complexity index is 884. The van der Waals surface area contributed by atoms with E-state index in [0.29, 0.717) is 62.3 Å². The molecule has 0 unspecified atom stereocenters. The van der Waals surface area contributed by atoms with Crippen molar-refractivity contribution in [2.75, 3.05) is 59.1 Å². The van der Waals surface area contributed by atoms with Gasteiger partial charge in [-0.05, 0) is 44.4 Å². The Morgan fingerprint density at radius 3 is 2.15 bits per heavy atom. The third-order valence-electron chi connectivity index (χ3n) is 5.27. The molecule has 0 radical (unpaired) electrons. The van der Waals surface area contributed by atoms with Crippen LogP contribution < -0.4 is 19.5 Å². The predicted molar refractivity (Wildman–Crippen MR) is 129 cm³/mol. The van der Waals surface area contributed by atoms with E-state index in [2.05, 4.69) is 10.2 Å². The van der Waals surface area contributed by atoms with Crippen LogP contribution in [0.3, 0.4) is 0 Å². The monoisotopic (exact) mass is 475 g/mol. The second kappa shape index (κ2) is 12.5. The van der Waals surface area contributed by atoms with Gasteiger partial charge >= 0.3 is 0 Å².